The molecule has 1 aliphatic heterocycles. The van der Waals surface area contributed by atoms with Crippen LogP contribution in [0.15, 0.2) is 6.20 Å². The van der Waals surface area contributed by atoms with Gasteiger partial charge in [0.15, 0.2) is 5.69 Å². The maximum Gasteiger partial charge on any atom is 0.274 e. The number of rotatable bonds is 3. The summed E-state index contributed by atoms with van der Waals surface area (Å²) in [5.41, 5.74) is 0.239. The van der Waals surface area contributed by atoms with Gasteiger partial charge in [-0.15, -0.1) is 0 Å². The average molecular weight is 312 g/mol. The van der Waals surface area contributed by atoms with Gasteiger partial charge in [-0.2, -0.15) is 0 Å². The van der Waals surface area contributed by atoms with Gasteiger partial charge in [0.05, 0.1) is 23.4 Å². The fraction of sp³-hybridized carbons (Fsp3) is 0.667. The van der Waals surface area contributed by atoms with Gasteiger partial charge in [0.1, 0.15) is 5.82 Å². The fourth-order valence-electron chi connectivity index (χ4n) is 2.66. The Morgan fingerprint density at radius 3 is 2.76 bits per heavy atom. The number of hydrogen-bond donors (Lipinski definition) is 1. The molecule has 1 aliphatic rings. The molecule has 2 unspecified atom stereocenters. The van der Waals surface area contributed by atoms with Crippen molar-refractivity contribution in [2.75, 3.05) is 6.54 Å². The molecule has 116 valence electrons. The Kier molecular flexibility index (Phi) is 5.17. The van der Waals surface area contributed by atoms with Gasteiger partial charge in [0.2, 0.25) is 0 Å². The molecule has 0 bridgehead atoms. The Hall–Kier alpha value is -1.20. The van der Waals surface area contributed by atoms with E-state index in [-0.39, 0.29) is 28.6 Å². The molecule has 5 nitrogen and oxygen atoms in total. The second-order valence-electron chi connectivity index (χ2n) is 5.88. The molecule has 0 saturated carbocycles. The van der Waals surface area contributed by atoms with E-state index in [1.807, 2.05) is 13.8 Å². The summed E-state index contributed by atoms with van der Waals surface area (Å²) in [6, 6.07) is -0.167. The molecule has 1 aromatic rings. The van der Waals surface area contributed by atoms with Crippen molar-refractivity contribution in [2.24, 2.45) is 0 Å². The third-order valence-corrected chi connectivity index (χ3v) is 4.13. The first-order valence-corrected chi connectivity index (χ1v) is 7.81. The van der Waals surface area contributed by atoms with E-state index in [0.29, 0.717) is 12.4 Å². The number of carbonyl (C=O) groups is 1. The molecule has 0 aromatic carbocycles. The Labute approximate surface area is 130 Å². The van der Waals surface area contributed by atoms with Crippen LogP contribution in [0.3, 0.4) is 0 Å². The molecule has 0 aliphatic carbocycles. The number of carbonyl (C=O) groups excluding carboxylic acids is 1. The smallest absolute Gasteiger partial charge is 0.274 e. The molecule has 2 atom stereocenters. The number of nitrogens with zero attached hydrogens (tertiary/aromatic N) is 3. The summed E-state index contributed by atoms with van der Waals surface area (Å²) in [6.07, 6.45) is 3.70. The predicted molar refractivity (Wildman–Crippen MR) is 81.5 cm³/mol. The van der Waals surface area contributed by atoms with E-state index in [1.165, 1.54) is 6.20 Å². The number of aromatic nitrogens is 2. The lowest BCUT2D eigenvalue weighted by atomic mass is 9.97. The van der Waals surface area contributed by atoms with Gasteiger partial charge >= 0.3 is 0 Å². The van der Waals surface area contributed by atoms with Crippen LogP contribution in [0.1, 0.15) is 62.3 Å². The fourth-order valence-corrected chi connectivity index (χ4v) is 2.83. The van der Waals surface area contributed by atoms with E-state index in [0.717, 1.165) is 19.3 Å². The van der Waals surface area contributed by atoms with E-state index >= 15 is 0 Å². The Morgan fingerprint density at radius 2 is 2.14 bits per heavy atom. The lowest BCUT2D eigenvalue weighted by Gasteiger charge is -2.37. The van der Waals surface area contributed by atoms with Gasteiger partial charge in [-0.05, 0) is 26.2 Å². The second-order valence-corrected chi connectivity index (χ2v) is 6.29. The lowest BCUT2D eigenvalue weighted by molar-refractivity contribution is 0.0276. The maximum atomic E-state index is 12.8. The number of aliphatic hydroxyl groups is 1. The predicted octanol–water partition coefficient (Wildman–Crippen LogP) is 2.63. The molecule has 1 aromatic heterocycles. The molecule has 21 heavy (non-hydrogen) atoms. The summed E-state index contributed by atoms with van der Waals surface area (Å²) in [7, 11) is 0. The third kappa shape index (κ3) is 3.52. The van der Waals surface area contributed by atoms with Gasteiger partial charge in [-0.1, -0.05) is 25.4 Å². The summed E-state index contributed by atoms with van der Waals surface area (Å²) in [5.74, 6) is 0.519. The van der Waals surface area contributed by atoms with E-state index < -0.39 is 6.10 Å². The van der Waals surface area contributed by atoms with Gasteiger partial charge in [0, 0.05) is 12.5 Å². The number of aliphatic hydroxyl groups excluding tert-OH is 1. The Morgan fingerprint density at radius 1 is 1.43 bits per heavy atom. The first kappa shape index (κ1) is 16.2. The first-order valence-electron chi connectivity index (χ1n) is 7.43. The largest absolute Gasteiger partial charge is 0.391 e. The molecule has 0 spiro atoms. The second kappa shape index (κ2) is 6.71. The van der Waals surface area contributed by atoms with Crippen LogP contribution in [0.4, 0.5) is 0 Å². The van der Waals surface area contributed by atoms with Crippen LogP contribution in [0.25, 0.3) is 0 Å². The number of amides is 1. The van der Waals surface area contributed by atoms with Crippen molar-refractivity contribution in [1.29, 1.82) is 0 Å². The molecule has 1 amide bonds. The molecular weight excluding hydrogens is 290 g/mol. The van der Waals surface area contributed by atoms with Gasteiger partial charge in [-0.3, -0.25) is 4.79 Å². The average Bonchev–Trinajstić information content (AvgIpc) is 2.46. The number of halogens is 1. The van der Waals surface area contributed by atoms with E-state index in [9.17, 15) is 9.90 Å². The van der Waals surface area contributed by atoms with Crippen molar-refractivity contribution in [2.45, 2.75) is 58.1 Å². The van der Waals surface area contributed by atoms with Crippen LogP contribution >= 0.6 is 11.6 Å². The molecule has 1 fully saturated rings. The van der Waals surface area contributed by atoms with Crippen LogP contribution in [-0.2, 0) is 0 Å². The molecule has 1 N–H and O–H groups in total. The topological polar surface area (TPSA) is 66.3 Å². The van der Waals surface area contributed by atoms with Crippen molar-refractivity contribution in [3.63, 3.8) is 0 Å². The van der Waals surface area contributed by atoms with Crippen LogP contribution in [0, 0.1) is 0 Å². The zero-order valence-electron chi connectivity index (χ0n) is 12.7. The lowest BCUT2D eigenvalue weighted by Crippen LogP contribution is -2.49. The van der Waals surface area contributed by atoms with Crippen molar-refractivity contribution in [3.05, 3.63) is 22.7 Å². The minimum atomic E-state index is -0.556. The maximum absolute atomic E-state index is 12.8. The molecule has 1 saturated heterocycles. The highest BCUT2D eigenvalue weighted by atomic mass is 35.5. The molecule has 2 heterocycles. The van der Waals surface area contributed by atoms with Gasteiger partial charge in [-0.25, -0.2) is 9.97 Å². The summed E-state index contributed by atoms with van der Waals surface area (Å²) < 4.78 is 0. The normalized spacial score (nSPS) is 20.7. The highest BCUT2D eigenvalue weighted by molar-refractivity contribution is 6.33. The number of piperidine rings is 1. The molecular formula is C15H22ClN3O2. The monoisotopic (exact) mass is 311 g/mol. The van der Waals surface area contributed by atoms with Crippen molar-refractivity contribution in [1.82, 2.24) is 14.9 Å². The highest BCUT2D eigenvalue weighted by Crippen LogP contribution is 2.24. The minimum absolute atomic E-state index is 0.128. The number of likely N-dealkylation sites (tertiary alicyclic amines) is 1. The van der Waals surface area contributed by atoms with Crippen molar-refractivity contribution < 1.29 is 9.90 Å². The van der Waals surface area contributed by atoms with E-state index in [4.69, 9.17) is 11.6 Å². The Balaban J connectivity index is 2.31. The highest BCUT2D eigenvalue weighted by Gasteiger charge is 2.32. The van der Waals surface area contributed by atoms with Crippen LogP contribution < -0.4 is 0 Å². The third-order valence-electron chi connectivity index (χ3n) is 3.85. The van der Waals surface area contributed by atoms with Crippen molar-refractivity contribution in [3.8, 4) is 0 Å². The van der Waals surface area contributed by atoms with Crippen LogP contribution in [-0.4, -0.2) is 44.6 Å². The summed E-state index contributed by atoms with van der Waals surface area (Å²) in [4.78, 5) is 22.9. The first-order chi connectivity index (χ1) is 9.91. The molecule has 2 rings (SSSR count). The summed E-state index contributed by atoms with van der Waals surface area (Å²) >= 11 is 6.11. The van der Waals surface area contributed by atoms with E-state index in [1.54, 1.807) is 11.8 Å². The summed E-state index contributed by atoms with van der Waals surface area (Å²) in [5, 5.41) is 10.2. The van der Waals surface area contributed by atoms with Crippen LogP contribution in [0.5, 0.6) is 0 Å². The van der Waals surface area contributed by atoms with Gasteiger partial charge < -0.3 is 10.0 Å². The molecule has 6 heteroatoms. The zero-order chi connectivity index (χ0) is 15.6. The van der Waals surface area contributed by atoms with Gasteiger partial charge in [0.25, 0.3) is 5.91 Å². The van der Waals surface area contributed by atoms with Crippen molar-refractivity contribution >= 4 is 17.5 Å². The zero-order valence-corrected chi connectivity index (χ0v) is 13.5. The quantitative estimate of drug-likeness (QED) is 0.932. The number of hydrogen-bond acceptors (Lipinski definition) is 4. The van der Waals surface area contributed by atoms with Crippen LogP contribution in [0.2, 0.25) is 5.02 Å². The van der Waals surface area contributed by atoms with E-state index in [2.05, 4.69) is 9.97 Å². The Bertz CT molecular complexity index is 520. The SMILES string of the molecule is CC(C)c1ncc(Cl)c(C(=O)N2CCCCC2C(C)O)n1. The summed E-state index contributed by atoms with van der Waals surface area (Å²) in [6.45, 7) is 6.29. The standard InChI is InChI=1S/C15H22ClN3O2/c1-9(2)14-17-8-11(16)13(18-14)15(21)19-7-5-4-6-12(19)10(3)20/h8-10,12,20H,4-7H2,1-3H3. The minimum Gasteiger partial charge on any atom is -0.391 e. The molecule has 0 radical (unpaired) electrons.